The van der Waals surface area contributed by atoms with Crippen molar-refractivity contribution in [2.24, 2.45) is 0 Å². The summed E-state index contributed by atoms with van der Waals surface area (Å²) in [5.41, 5.74) is -0.168. The predicted molar refractivity (Wildman–Crippen MR) is 70.1 cm³/mol. The van der Waals surface area contributed by atoms with Crippen molar-refractivity contribution in [3.63, 3.8) is 0 Å². The van der Waals surface area contributed by atoms with E-state index in [1.54, 1.807) is 12.1 Å². The van der Waals surface area contributed by atoms with Gasteiger partial charge in [0.05, 0.1) is 12.7 Å². The molecular weight excluding hydrogens is 279 g/mol. The van der Waals surface area contributed by atoms with Crippen molar-refractivity contribution in [1.29, 1.82) is 0 Å². The lowest BCUT2D eigenvalue weighted by Gasteiger charge is -2.26. The Balaban J connectivity index is 0.00000180. The summed E-state index contributed by atoms with van der Waals surface area (Å²) in [6.45, 7) is 1.54. The van der Waals surface area contributed by atoms with Crippen LogP contribution in [0.2, 0.25) is 0 Å². The van der Waals surface area contributed by atoms with Crippen molar-refractivity contribution in [2.75, 3.05) is 20.2 Å². The number of halogens is 4. The molecular formula is C13H17ClF3NO. The highest BCUT2D eigenvalue weighted by molar-refractivity contribution is 5.85. The second-order valence-electron chi connectivity index (χ2n) is 4.48. The van der Waals surface area contributed by atoms with E-state index in [9.17, 15) is 13.2 Å². The fourth-order valence-electron chi connectivity index (χ4n) is 2.40. The number of ether oxygens (including phenoxy) is 1. The zero-order valence-electron chi connectivity index (χ0n) is 10.6. The Labute approximate surface area is 116 Å². The zero-order chi connectivity index (χ0) is 13.2. The normalized spacial score (nSPS) is 16.8. The van der Waals surface area contributed by atoms with Crippen molar-refractivity contribution < 1.29 is 17.9 Å². The molecule has 2 rings (SSSR count). The smallest absolute Gasteiger partial charge is 0.416 e. The van der Waals surface area contributed by atoms with Gasteiger partial charge in [0.1, 0.15) is 5.75 Å². The van der Waals surface area contributed by atoms with Crippen LogP contribution in [-0.4, -0.2) is 20.2 Å². The number of methoxy groups -OCH3 is 1. The molecule has 0 saturated carbocycles. The Morgan fingerprint density at radius 3 is 2.37 bits per heavy atom. The van der Waals surface area contributed by atoms with Gasteiger partial charge in [0.2, 0.25) is 0 Å². The van der Waals surface area contributed by atoms with E-state index in [4.69, 9.17) is 4.74 Å². The molecule has 0 aromatic heterocycles. The minimum Gasteiger partial charge on any atom is -0.497 e. The van der Waals surface area contributed by atoms with Crippen LogP contribution in [0.4, 0.5) is 13.2 Å². The first-order chi connectivity index (χ1) is 8.52. The van der Waals surface area contributed by atoms with Gasteiger partial charge in [0.25, 0.3) is 0 Å². The molecule has 108 valence electrons. The summed E-state index contributed by atoms with van der Waals surface area (Å²) in [6.07, 6.45) is -2.83. The molecule has 0 aliphatic carbocycles. The third-order valence-electron chi connectivity index (χ3n) is 3.34. The van der Waals surface area contributed by atoms with Crippen molar-refractivity contribution in [1.82, 2.24) is 5.32 Å². The minimum atomic E-state index is -4.32. The van der Waals surface area contributed by atoms with Crippen molar-refractivity contribution >= 4 is 12.4 Å². The molecule has 1 fully saturated rings. The maximum atomic E-state index is 13.0. The largest absolute Gasteiger partial charge is 0.497 e. The molecule has 6 heteroatoms. The van der Waals surface area contributed by atoms with Crippen molar-refractivity contribution in [3.05, 3.63) is 29.3 Å². The summed E-state index contributed by atoms with van der Waals surface area (Å²) in [5, 5.41) is 3.16. The monoisotopic (exact) mass is 295 g/mol. The average Bonchev–Trinajstić information content (AvgIpc) is 2.38. The molecule has 2 nitrogen and oxygen atoms in total. The lowest BCUT2D eigenvalue weighted by atomic mass is 9.87. The van der Waals surface area contributed by atoms with Gasteiger partial charge in [0, 0.05) is 0 Å². The number of nitrogens with one attached hydrogen (secondary N) is 1. The number of benzene rings is 1. The number of piperidine rings is 1. The van der Waals surface area contributed by atoms with E-state index < -0.39 is 11.7 Å². The second kappa shape index (κ2) is 6.48. The Hall–Kier alpha value is -0.940. The number of hydrogen-bond acceptors (Lipinski definition) is 2. The van der Waals surface area contributed by atoms with Gasteiger partial charge in [-0.1, -0.05) is 6.07 Å². The summed E-state index contributed by atoms with van der Waals surface area (Å²) in [4.78, 5) is 0. The van der Waals surface area contributed by atoms with Crippen molar-refractivity contribution in [3.8, 4) is 5.75 Å². The molecule has 1 aliphatic rings. The van der Waals surface area contributed by atoms with Crippen LogP contribution < -0.4 is 10.1 Å². The SMILES string of the molecule is COc1ccc(C2CCNCC2)c(C(F)(F)F)c1.Cl. The van der Waals surface area contributed by atoms with E-state index in [1.807, 2.05) is 0 Å². The number of hydrogen-bond donors (Lipinski definition) is 1. The van der Waals surface area contributed by atoms with Gasteiger partial charge in [0.15, 0.2) is 0 Å². The Morgan fingerprint density at radius 1 is 1.21 bits per heavy atom. The molecule has 0 bridgehead atoms. The topological polar surface area (TPSA) is 21.3 Å². The third-order valence-corrected chi connectivity index (χ3v) is 3.34. The lowest BCUT2D eigenvalue weighted by molar-refractivity contribution is -0.138. The molecule has 1 aromatic rings. The van der Waals surface area contributed by atoms with Crippen LogP contribution in [0.1, 0.15) is 29.9 Å². The Kier molecular flexibility index (Phi) is 5.50. The van der Waals surface area contributed by atoms with Gasteiger partial charge < -0.3 is 10.1 Å². The molecule has 0 atom stereocenters. The summed E-state index contributed by atoms with van der Waals surface area (Å²) in [6, 6.07) is 4.25. The molecule has 0 amide bonds. The maximum Gasteiger partial charge on any atom is 0.416 e. The summed E-state index contributed by atoms with van der Waals surface area (Å²) < 4.78 is 44.0. The van der Waals surface area contributed by atoms with E-state index in [1.165, 1.54) is 7.11 Å². The third kappa shape index (κ3) is 3.76. The molecule has 1 aliphatic heterocycles. The lowest BCUT2D eigenvalue weighted by Crippen LogP contribution is -2.27. The summed E-state index contributed by atoms with van der Waals surface area (Å²) in [7, 11) is 1.37. The van der Waals surface area contributed by atoms with E-state index in [-0.39, 0.29) is 24.1 Å². The van der Waals surface area contributed by atoms with Crippen LogP contribution in [0, 0.1) is 0 Å². The molecule has 0 radical (unpaired) electrons. The van der Waals surface area contributed by atoms with E-state index in [0.29, 0.717) is 5.56 Å². The highest BCUT2D eigenvalue weighted by Crippen LogP contribution is 2.39. The fourth-order valence-corrected chi connectivity index (χ4v) is 2.40. The summed E-state index contributed by atoms with van der Waals surface area (Å²) in [5.74, 6) is 0.230. The molecule has 1 saturated heterocycles. The van der Waals surface area contributed by atoms with Gasteiger partial charge >= 0.3 is 6.18 Å². The van der Waals surface area contributed by atoms with Gasteiger partial charge in [-0.3, -0.25) is 0 Å². The van der Waals surface area contributed by atoms with Crippen LogP contribution in [0.15, 0.2) is 18.2 Å². The van der Waals surface area contributed by atoms with Crippen LogP contribution in [-0.2, 0) is 6.18 Å². The molecule has 0 spiro atoms. The van der Waals surface area contributed by atoms with Crippen LogP contribution >= 0.6 is 12.4 Å². The minimum absolute atomic E-state index is 0. The van der Waals surface area contributed by atoms with Crippen LogP contribution in [0.25, 0.3) is 0 Å². The second-order valence-corrected chi connectivity index (χ2v) is 4.48. The van der Waals surface area contributed by atoms with E-state index in [0.717, 1.165) is 32.0 Å². The predicted octanol–water partition coefficient (Wildman–Crippen LogP) is 3.60. The quantitative estimate of drug-likeness (QED) is 0.900. The van der Waals surface area contributed by atoms with Crippen LogP contribution in [0.5, 0.6) is 5.75 Å². The van der Waals surface area contributed by atoms with Crippen molar-refractivity contribution in [2.45, 2.75) is 24.9 Å². The summed E-state index contributed by atoms with van der Waals surface area (Å²) >= 11 is 0. The zero-order valence-corrected chi connectivity index (χ0v) is 11.4. The Morgan fingerprint density at radius 2 is 1.84 bits per heavy atom. The standard InChI is InChI=1S/C13H16F3NO.ClH/c1-18-10-2-3-11(9-4-6-17-7-5-9)12(8-10)13(14,15)16;/h2-3,8-9,17H,4-7H2,1H3;1H. The first kappa shape index (κ1) is 16.1. The first-order valence-electron chi connectivity index (χ1n) is 5.98. The number of alkyl halides is 3. The first-order valence-corrected chi connectivity index (χ1v) is 5.98. The molecule has 1 aromatic carbocycles. The van der Waals surface area contributed by atoms with Gasteiger partial charge in [-0.25, -0.2) is 0 Å². The van der Waals surface area contributed by atoms with E-state index in [2.05, 4.69) is 5.32 Å². The number of rotatable bonds is 2. The molecule has 1 heterocycles. The van der Waals surface area contributed by atoms with Gasteiger partial charge in [-0.05, 0) is 49.5 Å². The van der Waals surface area contributed by atoms with E-state index >= 15 is 0 Å². The van der Waals surface area contributed by atoms with Gasteiger partial charge in [-0.2, -0.15) is 13.2 Å². The maximum absolute atomic E-state index is 13.0. The average molecular weight is 296 g/mol. The van der Waals surface area contributed by atoms with Crippen LogP contribution in [0.3, 0.4) is 0 Å². The highest BCUT2D eigenvalue weighted by Gasteiger charge is 2.35. The molecule has 0 unspecified atom stereocenters. The highest BCUT2D eigenvalue weighted by atomic mass is 35.5. The van der Waals surface area contributed by atoms with Gasteiger partial charge in [-0.15, -0.1) is 12.4 Å². The molecule has 1 N–H and O–H groups in total. The fraction of sp³-hybridized carbons (Fsp3) is 0.538. The molecule has 19 heavy (non-hydrogen) atoms. The Bertz CT molecular complexity index is 417.